The molecule has 148 valence electrons. The molecule has 2 rings (SSSR count). The van der Waals surface area contributed by atoms with Crippen LogP contribution in [0, 0.1) is 0 Å². The van der Waals surface area contributed by atoms with Gasteiger partial charge in [0.05, 0.1) is 0 Å². The van der Waals surface area contributed by atoms with E-state index in [4.69, 9.17) is 23.7 Å². The van der Waals surface area contributed by atoms with E-state index in [0.29, 0.717) is 0 Å². The van der Waals surface area contributed by atoms with E-state index in [1.54, 1.807) is 19.1 Å². The summed E-state index contributed by atoms with van der Waals surface area (Å²) in [6.45, 7) is 5.35. The molecule has 0 aromatic rings. The second-order valence-electron chi connectivity index (χ2n) is 6.17. The van der Waals surface area contributed by atoms with Gasteiger partial charge in [-0.2, -0.15) is 0 Å². The highest BCUT2D eigenvalue weighted by Crippen LogP contribution is 2.33. The summed E-state index contributed by atoms with van der Waals surface area (Å²) in [5, 5.41) is 0. The molecular weight excluding hydrogens is 360 g/mol. The molecule has 0 aliphatic carbocycles. The van der Waals surface area contributed by atoms with E-state index < -0.39 is 60.5 Å². The molecule has 0 amide bonds. The summed E-state index contributed by atoms with van der Waals surface area (Å²) in [6.07, 6.45) is 1.84. The second kappa shape index (κ2) is 8.81. The molecule has 27 heavy (non-hydrogen) atoms. The van der Waals surface area contributed by atoms with Crippen molar-refractivity contribution in [3.63, 3.8) is 0 Å². The van der Waals surface area contributed by atoms with Crippen LogP contribution in [0.1, 0.15) is 27.7 Å². The van der Waals surface area contributed by atoms with E-state index in [1.807, 2.05) is 0 Å². The molecule has 0 aromatic carbocycles. The third-order valence-corrected chi connectivity index (χ3v) is 3.79. The zero-order valence-corrected chi connectivity index (χ0v) is 15.4. The van der Waals surface area contributed by atoms with Crippen molar-refractivity contribution >= 4 is 23.9 Å². The van der Waals surface area contributed by atoms with Crippen LogP contribution in [0.15, 0.2) is 24.3 Å². The predicted molar refractivity (Wildman–Crippen MR) is 89.2 cm³/mol. The van der Waals surface area contributed by atoms with Gasteiger partial charge in [-0.15, -0.1) is 0 Å². The Morgan fingerprint density at radius 2 is 1.74 bits per heavy atom. The minimum atomic E-state index is -0.797. The molecule has 2 aliphatic rings. The first-order valence-corrected chi connectivity index (χ1v) is 8.41. The fourth-order valence-corrected chi connectivity index (χ4v) is 2.66. The molecule has 0 unspecified atom stereocenters. The van der Waals surface area contributed by atoms with Crippen LogP contribution in [-0.2, 0) is 42.9 Å². The monoisotopic (exact) mass is 382 g/mol. The smallest absolute Gasteiger partial charge is 0.331 e. The van der Waals surface area contributed by atoms with E-state index in [-0.39, 0.29) is 0 Å². The van der Waals surface area contributed by atoms with Gasteiger partial charge in [-0.1, -0.05) is 6.08 Å². The van der Waals surface area contributed by atoms with Crippen molar-refractivity contribution in [3.8, 4) is 0 Å². The summed E-state index contributed by atoms with van der Waals surface area (Å²) in [4.78, 5) is 45.1. The molecule has 0 bridgehead atoms. The molecule has 1 saturated heterocycles. The Morgan fingerprint density at radius 1 is 1.07 bits per heavy atom. The van der Waals surface area contributed by atoms with Gasteiger partial charge in [-0.05, 0) is 19.1 Å². The lowest BCUT2D eigenvalue weighted by Crippen LogP contribution is -2.40. The van der Waals surface area contributed by atoms with Crippen molar-refractivity contribution in [1.29, 1.82) is 0 Å². The zero-order valence-electron chi connectivity index (χ0n) is 15.4. The van der Waals surface area contributed by atoms with Gasteiger partial charge >= 0.3 is 23.9 Å². The third kappa shape index (κ3) is 6.21. The summed E-state index contributed by atoms with van der Waals surface area (Å²) in [5.41, 5.74) is 0. The Hall–Kier alpha value is -2.68. The van der Waals surface area contributed by atoms with Gasteiger partial charge in [0.2, 0.25) is 0 Å². The molecule has 1 fully saturated rings. The maximum atomic E-state index is 11.5. The highest BCUT2D eigenvalue weighted by Gasteiger charge is 2.50. The molecule has 6 atom stereocenters. The Balaban J connectivity index is 2.01. The number of rotatable bonds is 7. The van der Waals surface area contributed by atoms with Gasteiger partial charge in [-0.3, -0.25) is 14.4 Å². The summed E-state index contributed by atoms with van der Waals surface area (Å²) in [6, 6.07) is 0. The summed E-state index contributed by atoms with van der Waals surface area (Å²) in [7, 11) is 0. The van der Waals surface area contributed by atoms with Gasteiger partial charge < -0.3 is 23.7 Å². The van der Waals surface area contributed by atoms with E-state index in [2.05, 4.69) is 0 Å². The fourth-order valence-electron chi connectivity index (χ4n) is 2.66. The van der Waals surface area contributed by atoms with Crippen molar-refractivity contribution in [1.82, 2.24) is 0 Å². The van der Waals surface area contributed by atoms with Crippen molar-refractivity contribution < 1.29 is 42.9 Å². The minimum Gasteiger partial charge on any atom is -0.459 e. The average Bonchev–Trinajstić information content (AvgIpc) is 3.31. The molecule has 2 heterocycles. The van der Waals surface area contributed by atoms with Gasteiger partial charge in [0.25, 0.3) is 0 Å². The second-order valence-corrected chi connectivity index (χ2v) is 6.17. The highest BCUT2D eigenvalue weighted by molar-refractivity contribution is 5.83. The van der Waals surface area contributed by atoms with E-state index >= 15 is 0 Å². The molecule has 9 nitrogen and oxygen atoms in total. The molecule has 9 heteroatoms. The van der Waals surface area contributed by atoms with Crippen LogP contribution >= 0.6 is 0 Å². The van der Waals surface area contributed by atoms with E-state index in [9.17, 15) is 19.2 Å². The number of ether oxygens (including phenoxy) is 5. The number of esters is 4. The first-order valence-electron chi connectivity index (χ1n) is 8.41. The Kier molecular flexibility index (Phi) is 6.73. The van der Waals surface area contributed by atoms with Crippen molar-refractivity contribution in [2.24, 2.45) is 0 Å². The van der Waals surface area contributed by atoms with Gasteiger partial charge in [-0.25, -0.2) is 4.79 Å². The van der Waals surface area contributed by atoms with Crippen LogP contribution in [0.25, 0.3) is 0 Å². The predicted octanol–water partition coefficient (Wildman–Crippen LogP) is 0.607. The Morgan fingerprint density at radius 3 is 2.33 bits per heavy atom. The van der Waals surface area contributed by atoms with E-state index in [0.717, 1.165) is 0 Å². The molecule has 0 radical (unpaired) electrons. The maximum Gasteiger partial charge on any atom is 0.331 e. The number of epoxide rings is 1. The van der Waals surface area contributed by atoms with Crippen LogP contribution < -0.4 is 0 Å². The number of carbonyl (C=O) groups is 4. The molecule has 0 spiro atoms. The number of carbonyl (C=O) groups excluding carboxylic acids is 4. The topological polar surface area (TPSA) is 118 Å². The first kappa shape index (κ1) is 20.6. The van der Waals surface area contributed by atoms with Crippen LogP contribution in [0.5, 0.6) is 0 Å². The van der Waals surface area contributed by atoms with Crippen LogP contribution in [0.2, 0.25) is 0 Å². The first-order chi connectivity index (χ1) is 12.7. The van der Waals surface area contributed by atoms with Crippen molar-refractivity contribution in [3.05, 3.63) is 24.3 Å². The lowest BCUT2D eigenvalue weighted by molar-refractivity contribution is -0.163. The Bertz CT molecular complexity index is 666. The number of hydrogen-bond acceptors (Lipinski definition) is 9. The molecule has 0 aromatic heterocycles. The standard InChI is InChI=1S/C18H22O9/c1-9(23-10(2)19)13(24-11(3)20)5-6-15-17(26-15)18-14(25-12(4)21)7-8-16(22)27-18/h5-9,13-15,17-18H,1-4H3/b6-5+/t9-,13-,14-,15-,17+,18+/m0/s1. The van der Waals surface area contributed by atoms with Gasteiger partial charge in [0, 0.05) is 26.8 Å². The minimum absolute atomic E-state index is 0.435. The number of hydrogen-bond donors (Lipinski definition) is 0. The lowest BCUT2D eigenvalue weighted by Gasteiger charge is -2.25. The number of cyclic esters (lactones) is 1. The van der Waals surface area contributed by atoms with Crippen LogP contribution in [0.3, 0.4) is 0 Å². The summed E-state index contributed by atoms with van der Waals surface area (Å²) in [5.74, 6) is -2.09. The normalized spacial score (nSPS) is 28.8. The van der Waals surface area contributed by atoms with Crippen molar-refractivity contribution in [2.75, 3.05) is 0 Å². The molecular formula is C18H22O9. The third-order valence-electron chi connectivity index (χ3n) is 3.79. The fraction of sp³-hybridized carbons (Fsp3) is 0.556. The SMILES string of the molecule is CC(=O)O[C@@H](C)[C@H](/C=C/[C@@H]1O[C@H]1[C@@H]1OC(=O)C=C[C@@H]1OC(C)=O)OC(C)=O. The lowest BCUT2D eigenvalue weighted by atomic mass is 10.0. The van der Waals surface area contributed by atoms with Gasteiger partial charge in [0.15, 0.2) is 18.3 Å². The largest absolute Gasteiger partial charge is 0.459 e. The maximum absolute atomic E-state index is 11.5. The summed E-state index contributed by atoms with van der Waals surface area (Å²) >= 11 is 0. The molecule has 0 saturated carbocycles. The van der Waals surface area contributed by atoms with Crippen molar-refractivity contribution in [2.45, 2.75) is 64.3 Å². The Labute approximate surface area is 156 Å². The average molecular weight is 382 g/mol. The zero-order chi connectivity index (χ0) is 20.1. The van der Waals surface area contributed by atoms with Crippen LogP contribution in [0.4, 0.5) is 0 Å². The molecule has 2 aliphatic heterocycles. The van der Waals surface area contributed by atoms with E-state index in [1.165, 1.54) is 32.9 Å². The quantitative estimate of drug-likeness (QED) is 0.270. The van der Waals surface area contributed by atoms with Crippen LogP contribution in [-0.4, -0.2) is 60.5 Å². The summed E-state index contributed by atoms with van der Waals surface area (Å²) < 4.78 is 26.0. The molecule has 0 N–H and O–H groups in total. The highest BCUT2D eigenvalue weighted by atomic mass is 16.6. The van der Waals surface area contributed by atoms with Gasteiger partial charge in [0.1, 0.15) is 18.3 Å².